The highest BCUT2D eigenvalue weighted by molar-refractivity contribution is 6.00. The number of carbonyl (C=O) groups excluding carboxylic acids is 2. The molecule has 136 valence electrons. The molecule has 2 aromatic rings. The molecule has 2 aromatic carbocycles. The lowest BCUT2D eigenvalue weighted by atomic mass is 10.1. The van der Waals surface area contributed by atoms with Crippen molar-refractivity contribution in [3.63, 3.8) is 0 Å². The Kier molecular flexibility index (Phi) is 5.26. The number of nitrogens with zero attached hydrogens (tertiary/aromatic N) is 1. The van der Waals surface area contributed by atoms with Gasteiger partial charge in [0.25, 0.3) is 5.91 Å². The summed E-state index contributed by atoms with van der Waals surface area (Å²) >= 11 is 0. The lowest BCUT2D eigenvalue weighted by molar-refractivity contribution is -0.125. The summed E-state index contributed by atoms with van der Waals surface area (Å²) in [6, 6.07) is 13.8. The first-order valence-corrected chi connectivity index (χ1v) is 8.85. The van der Waals surface area contributed by atoms with Gasteiger partial charge >= 0.3 is 0 Å². The maximum atomic E-state index is 12.5. The van der Waals surface area contributed by atoms with E-state index in [4.69, 9.17) is 4.74 Å². The fourth-order valence-corrected chi connectivity index (χ4v) is 2.96. The van der Waals surface area contributed by atoms with Crippen LogP contribution in [0.25, 0.3) is 0 Å². The molecule has 0 spiro atoms. The molecule has 1 heterocycles. The van der Waals surface area contributed by atoms with Crippen LogP contribution in [0.2, 0.25) is 0 Å². The van der Waals surface area contributed by atoms with Crippen molar-refractivity contribution in [2.24, 2.45) is 0 Å². The number of amides is 2. The molecule has 1 aliphatic heterocycles. The fourth-order valence-electron chi connectivity index (χ4n) is 2.96. The van der Waals surface area contributed by atoms with Gasteiger partial charge in [0.05, 0.1) is 5.69 Å². The lowest BCUT2D eigenvalue weighted by Gasteiger charge is -2.33. The molecule has 0 aromatic heterocycles. The van der Waals surface area contributed by atoms with Gasteiger partial charge in [-0.05, 0) is 44.0 Å². The summed E-state index contributed by atoms with van der Waals surface area (Å²) < 4.78 is 5.66. The molecule has 0 unspecified atom stereocenters. The van der Waals surface area contributed by atoms with E-state index in [1.807, 2.05) is 56.3 Å². The van der Waals surface area contributed by atoms with E-state index < -0.39 is 6.10 Å². The van der Waals surface area contributed by atoms with Crippen molar-refractivity contribution in [1.29, 1.82) is 0 Å². The average molecular weight is 352 g/mol. The highest BCUT2D eigenvalue weighted by atomic mass is 16.5. The molecule has 0 radical (unpaired) electrons. The first kappa shape index (κ1) is 18.0. The fraction of sp³-hybridized carbons (Fsp3) is 0.333. The van der Waals surface area contributed by atoms with Gasteiger partial charge in [0, 0.05) is 19.5 Å². The first-order chi connectivity index (χ1) is 12.4. The molecule has 1 atom stereocenters. The predicted molar refractivity (Wildman–Crippen MR) is 101 cm³/mol. The van der Waals surface area contributed by atoms with Crippen LogP contribution >= 0.6 is 0 Å². The van der Waals surface area contributed by atoms with E-state index in [2.05, 4.69) is 5.32 Å². The molecular formula is C21H24N2O3. The monoisotopic (exact) mass is 352 g/mol. The third kappa shape index (κ3) is 4.04. The average Bonchev–Trinajstić information content (AvgIpc) is 2.62. The highest BCUT2D eigenvalue weighted by Gasteiger charge is 2.31. The van der Waals surface area contributed by atoms with Crippen molar-refractivity contribution in [3.05, 3.63) is 59.2 Å². The second-order valence-corrected chi connectivity index (χ2v) is 6.73. The van der Waals surface area contributed by atoms with Crippen LogP contribution in [0.5, 0.6) is 5.75 Å². The Morgan fingerprint density at radius 3 is 2.54 bits per heavy atom. The number of hydrogen-bond acceptors (Lipinski definition) is 3. The van der Waals surface area contributed by atoms with Gasteiger partial charge in [-0.3, -0.25) is 9.59 Å². The summed E-state index contributed by atoms with van der Waals surface area (Å²) in [6.45, 7) is 6.55. The molecule has 0 saturated heterocycles. The first-order valence-electron chi connectivity index (χ1n) is 8.85. The number of fused-ring (bicyclic) bond motifs is 1. The van der Waals surface area contributed by atoms with Crippen LogP contribution < -0.4 is 15.0 Å². The number of aryl methyl sites for hydroxylation is 2. The summed E-state index contributed by atoms with van der Waals surface area (Å²) in [6.07, 6.45) is -0.293. The number of rotatable bonds is 5. The number of ether oxygens (including phenoxy) is 1. The van der Waals surface area contributed by atoms with Gasteiger partial charge in [-0.1, -0.05) is 35.9 Å². The second kappa shape index (κ2) is 7.60. The number of hydrogen-bond donors (Lipinski definition) is 1. The Labute approximate surface area is 154 Å². The Bertz CT molecular complexity index is 815. The van der Waals surface area contributed by atoms with E-state index in [0.29, 0.717) is 18.8 Å². The topological polar surface area (TPSA) is 58.6 Å². The van der Waals surface area contributed by atoms with E-state index in [1.165, 1.54) is 5.56 Å². The van der Waals surface area contributed by atoms with Crippen LogP contribution in [0, 0.1) is 13.8 Å². The van der Waals surface area contributed by atoms with Crippen LogP contribution in [0.4, 0.5) is 5.69 Å². The van der Waals surface area contributed by atoms with Crippen molar-refractivity contribution < 1.29 is 14.3 Å². The molecule has 2 amide bonds. The quantitative estimate of drug-likeness (QED) is 0.899. The van der Waals surface area contributed by atoms with Gasteiger partial charge < -0.3 is 15.0 Å². The molecule has 26 heavy (non-hydrogen) atoms. The summed E-state index contributed by atoms with van der Waals surface area (Å²) in [5.74, 6) is 0.490. The lowest BCUT2D eigenvalue weighted by Crippen LogP contribution is -2.45. The van der Waals surface area contributed by atoms with E-state index in [-0.39, 0.29) is 18.2 Å². The molecule has 0 bridgehead atoms. The Hall–Kier alpha value is -2.82. The summed E-state index contributed by atoms with van der Waals surface area (Å²) in [4.78, 5) is 26.4. The van der Waals surface area contributed by atoms with Gasteiger partial charge in [-0.25, -0.2) is 0 Å². The number of benzene rings is 2. The maximum Gasteiger partial charge on any atom is 0.267 e. The Balaban J connectivity index is 1.61. The number of carbonyl (C=O) groups is 2. The smallest absolute Gasteiger partial charge is 0.267 e. The zero-order valence-electron chi connectivity index (χ0n) is 15.4. The minimum Gasteiger partial charge on any atom is -0.479 e. The highest BCUT2D eigenvalue weighted by Crippen LogP contribution is 2.34. The molecule has 0 fully saturated rings. The molecule has 5 nitrogen and oxygen atoms in total. The maximum absolute atomic E-state index is 12.5. The van der Waals surface area contributed by atoms with Gasteiger partial charge in [0.2, 0.25) is 5.91 Å². The minimum absolute atomic E-state index is 0.0771. The Morgan fingerprint density at radius 2 is 1.81 bits per heavy atom. The number of anilines is 1. The van der Waals surface area contributed by atoms with Crippen molar-refractivity contribution >= 4 is 17.5 Å². The van der Waals surface area contributed by atoms with Crippen molar-refractivity contribution in [1.82, 2.24) is 5.32 Å². The van der Waals surface area contributed by atoms with Crippen LogP contribution in [-0.2, 0) is 16.1 Å². The second-order valence-electron chi connectivity index (χ2n) is 6.73. The summed E-state index contributed by atoms with van der Waals surface area (Å²) in [5, 5.41) is 2.91. The van der Waals surface area contributed by atoms with E-state index in [0.717, 1.165) is 16.8 Å². The third-order valence-electron chi connectivity index (χ3n) is 4.50. The van der Waals surface area contributed by atoms with Crippen LogP contribution in [0.15, 0.2) is 42.5 Å². The molecule has 0 saturated carbocycles. The van der Waals surface area contributed by atoms with E-state index in [9.17, 15) is 9.59 Å². The van der Waals surface area contributed by atoms with Gasteiger partial charge in [-0.2, -0.15) is 0 Å². The SMILES string of the molecule is Cc1ccc(CNC(=O)CCN2C(=O)[C@H](C)Oc3ccc(C)cc32)cc1. The molecule has 1 N–H and O–H groups in total. The molecular weight excluding hydrogens is 328 g/mol. The van der Waals surface area contributed by atoms with E-state index >= 15 is 0 Å². The van der Waals surface area contributed by atoms with Crippen LogP contribution in [-0.4, -0.2) is 24.5 Å². The van der Waals surface area contributed by atoms with E-state index in [1.54, 1.807) is 11.8 Å². The zero-order valence-corrected chi connectivity index (χ0v) is 15.4. The van der Waals surface area contributed by atoms with Crippen LogP contribution in [0.1, 0.15) is 30.0 Å². The van der Waals surface area contributed by atoms with Crippen molar-refractivity contribution in [2.75, 3.05) is 11.4 Å². The molecule has 5 heteroatoms. The normalized spacial score (nSPS) is 16.0. The third-order valence-corrected chi connectivity index (χ3v) is 4.50. The minimum atomic E-state index is -0.541. The molecule has 3 rings (SSSR count). The van der Waals surface area contributed by atoms with Crippen molar-refractivity contribution in [2.45, 2.75) is 39.8 Å². The summed E-state index contributed by atoms with van der Waals surface area (Å²) in [5.41, 5.74) is 4.03. The van der Waals surface area contributed by atoms with Gasteiger partial charge in [0.1, 0.15) is 5.75 Å². The Morgan fingerprint density at radius 1 is 1.12 bits per heavy atom. The molecule has 1 aliphatic rings. The zero-order chi connectivity index (χ0) is 18.7. The van der Waals surface area contributed by atoms with Gasteiger partial charge in [0.15, 0.2) is 6.10 Å². The largest absolute Gasteiger partial charge is 0.479 e. The molecule has 0 aliphatic carbocycles. The van der Waals surface area contributed by atoms with Crippen molar-refractivity contribution in [3.8, 4) is 5.75 Å². The predicted octanol–water partition coefficient (Wildman–Crippen LogP) is 3.12. The van der Waals surface area contributed by atoms with Crippen LogP contribution in [0.3, 0.4) is 0 Å². The standard InChI is InChI=1S/C21H24N2O3/c1-14-4-7-17(8-5-14)13-22-20(24)10-11-23-18-12-15(2)6-9-19(18)26-16(3)21(23)25/h4-9,12,16H,10-11,13H2,1-3H3,(H,22,24)/t16-/m0/s1. The van der Waals surface area contributed by atoms with Gasteiger partial charge in [-0.15, -0.1) is 0 Å². The number of nitrogens with one attached hydrogen (secondary N) is 1. The summed E-state index contributed by atoms with van der Waals surface area (Å²) in [7, 11) is 0.